The van der Waals surface area contributed by atoms with Crippen molar-refractivity contribution in [2.24, 2.45) is 10.7 Å². The van der Waals surface area contributed by atoms with E-state index in [4.69, 9.17) is 5.73 Å². The van der Waals surface area contributed by atoms with E-state index in [1.807, 2.05) is 17.8 Å². The van der Waals surface area contributed by atoms with Crippen molar-refractivity contribution in [1.82, 2.24) is 0 Å². The summed E-state index contributed by atoms with van der Waals surface area (Å²) in [5.41, 5.74) is 8.32. The van der Waals surface area contributed by atoms with Crippen molar-refractivity contribution in [2.75, 3.05) is 17.6 Å². The molecule has 1 unspecified atom stereocenters. The van der Waals surface area contributed by atoms with Gasteiger partial charge in [-0.25, -0.2) is 0 Å². The summed E-state index contributed by atoms with van der Waals surface area (Å²) >= 11 is 2.01. The number of nitrogens with zero attached hydrogens (tertiary/aromatic N) is 1. The fourth-order valence-corrected chi connectivity index (χ4v) is 3.60. The Morgan fingerprint density at radius 3 is 2.95 bits per heavy atom. The topological polar surface area (TPSA) is 50.4 Å². The van der Waals surface area contributed by atoms with Gasteiger partial charge in [0.05, 0.1) is 6.54 Å². The van der Waals surface area contributed by atoms with Crippen LogP contribution < -0.4 is 11.1 Å². The van der Waals surface area contributed by atoms with E-state index >= 15 is 0 Å². The Bertz CT molecular complexity index is 476. The van der Waals surface area contributed by atoms with Gasteiger partial charge < -0.3 is 11.1 Å². The van der Waals surface area contributed by atoms with Gasteiger partial charge in [-0.05, 0) is 49.1 Å². The summed E-state index contributed by atoms with van der Waals surface area (Å²) < 4.78 is 0.270. The Balaban J connectivity index is 1.96. The molecule has 0 radical (unpaired) electrons. The van der Waals surface area contributed by atoms with Crippen LogP contribution in [0.15, 0.2) is 29.3 Å². The number of thioether (sulfide) groups is 1. The molecule has 0 aromatic heterocycles. The molecular formula is C16H25N3S. The second-order valence-corrected chi connectivity index (χ2v) is 7.69. The van der Waals surface area contributed by atoms with Crippen LogP contribution in [0.1, 0.15) is 45.1 Å². The maximum absolute atomic E-state index is 6.00. The number of aliphatic imine (C=N–C) groups is 1. The number of nitrogens with one attached hydrogen (secondary N) is 1. The Labute approximate surface area is 126 Å². The third-order valence-electron chi connectivity index (χ3n) is 3.71. The Morgan fingerprint density at radius 2 is 2.30 bits per heavy atom. The van der Waals surface area contributed by atoms with E-state index in [-0.39, 0.29) is 4.75 Å². The fraction of sp³-hybridized carbons (Fsp3) is 0.562. The lowest BCUT2D eigenvalue weighted by Crippen LogP contribution is -2.27. The number of hydrogen-bond donors (Lipinski definition) is 2. The molecule has 1 aromatic rings. The highest BCUT2D eigenvalue weighted by molar-refractivity contribution is 8.00. The molecule has 1 saturated heterocycles. The lowest BCUT2D eigenvalue weighted by Gasteiger charge is -2.20. The summed E-state index contributed by atoms with van der Waals surface area (Å²) in [7, 11) is 0. The van der Waals surface area contributed by atoms with Gasteiger partial charge in [0.2, 0.25) is 0 Å². The molecule has 0 bridgehead atoms. The van der Waals surface area contributed by atoms with Crippen molar-refractivity contribution < 1.29 is 0 Å². The number of benzene rings is 1. The summed E-state index contributed by atoms with van der Waals surface area (Å²) in [6.45, 7) is 7.45. The summed E-state index contributed by atoms with van der Waals surface area (Å²) in [5.74, 6) is 2.28. The van der Waals surface area contributed by atoms with E-state index in [9.17, 15) is 0 Å². The molecular weight excluding hydrogens is 266 g/mol. The number of anilines is 1. The first-order valence-electron chi connectivity index (χ1n) is 7.29. The second-order valence-electron chi connectivity index (χ2n) is 6.01. The van der Waals surface area contributed by atoms with Gasteiger partial charge in [0.15, 0.2) is 5.96 Å². The first kappa shape index (κ1) is 15.2. The molecule has 0 aliphatic carbocycles. The zero-order valence-corrected chi connectivity index (χ0v) is 13.5. The molecule has 0 saturated carbocycles. The van der Waals surface area contributed by atoms with Crippen molar-refractivity contribution in [3.63, 3.8) is 0 Å². The minimum absolute atomic E-state index is 0.270. The highest BCUT2D eigenvalue weighted by atomic mass is 32.2. The lowest BCUT2D eigenvalue weighted by molar-refractivity contribution is 0.619. The summed E-state index contributed by atoms with van der Waals surface area (Å²) in [6.07, 6.45) is 2.53. The molecule has 1 aliphatic rings. The maximum atomic E-state index is 6.00. The van der Waals surface area contributed by atoms with Gasteiger partial charge in [-0.2, -0.15) is 11.8 Å². The van der Waals surface area contributed by atoms with E-state index in [1.165, 1.54) is 24.2 Å². The van der Waals surface area contributed by atoms with E-state index in [1.54, 1.807) is 0 Å². The van der Waals surface area contributed by atoms with E-state index in [0.717, 1.165) is 12.2 Å². The van der Waals surface area contributed by atoms with Crippen molar-refractivity contribution in [2.45, 2.75) is 44.3 Å². The molecule has 3 N–H and O–H groups in total. The molecule has 3 nitrogen and oxygen atoms in total. The highest BCUT2D eigenvalue weighted by Gasteiger charge is 2.29. The van der Waals surface area contributed by atoms with Crippen LogP contribution in [0.4, 0.5) is 5.69 Å². The molecule has 0 amide bonds. The average molecular weight is 291 g/mol. The third kappa shape index (κ3) is 4.17. The van der Waals surface area contributed by atoms with Gasteiger partial charge >= 0.3 is 0 Å². The largest absolute Gasteiger partial charge is 0.370 e. The Morgan fingerprint density at radius 1 is 1.50 bits per heavy atom. The van der Waals surface area contributed by atoms with Crippen LogP contribution in [-0.2, 0) is 0 Å². The monoisotopic (exact) mass is 291 g/mol. The number of rotatable bonds is 4. The Kier molecular flexibility index (Phi) is 4.97. The predicted octanol–water partition coefficient (Wildman–Crippen LogP) is 3.82. The van der Waals surface area contributed by atoms with Crippen molar-refractivity contribution in [3.05, 3.63) is 29.8 Å². The van der Waals surface area contributed by atoms with Crippen molar-refractivity contribution in [3.8, 4) is 0 Å². The van der Waals surface area contributed by atoms with Gasteiger partial charge in [0.1, 0.15) is 0 Å². The van der Waals surface area contributed by atoms with Gasteiger partial charge in [0.25, 0.3) is 0 Å². The van der Waals surface area contributed by atoms with Crippen LogP contribution >= 0.6 is 11.8 Å². The summed E-state index contributed by atoms with van der Waals surface area (Å²) in [4.78, 5) is 4.51. The first-order valence-corrected chi connectivity index (χ1v) is 8.28. The minimum Gasteiger partial charge on any atom is -0.370 e. The molecule has 1 heterocycles. The molecule has 1 aromatic carbocycles. The zero-order valence-electron chi connectivity index (χ0n) is 12.6. The van der Waals surface area contributed by atoms with Crippen LogP contribution in [0.3, 0.4) is 0 Å². The quantitative estimate of drug-likeness (QED) is 0.655. The van der Waals surface area contributed by atoms with Crippen LogP contribution in [0, 0.1) is 0 Å². The van der Waals surface area contributed by atoms with Crippen LogP contribution in [0.2, 0.25) is 0 Å². The van der Waals surface area contributed by atoms with Gasteiger partial charge in [-0.1, -0.05) is 26.0 Å². The van der Waals surface area contributed by atoms with Crippen molar-refractivity contribution in [1.29, 1.82) is 0 Å². The zero-order chi connectivity index (χ0) is 14.6. The maximum Gasteiger partial charge on any atom is 0.193 e. The standard InChI is InChI=1S/C16H25N3S/c1-12(2)13-6-4-7-14(10-13)19-15(17)18-11-16(3)8-5-9-20-16/h4,6-7,10,12H,5,8-9,11H2,1-3H3,(H3,17,18,19). The smallest absolute Gasteiger partial charge is 0.193 e. The molecule has 0 spiro atoms. The van der Waals surface area contributed by atoms with E-state index < -0.39 is 0 Å². The highest BCUT2D eigenvalue weighted by Crippen LogP contribution is 2.37. The van der Waals surface area contributed by atoms with Gasteiger partial charge in [-0.3, -0.25) is 4.99 Å². The molecule has 20 heavy (non-hydrogen) atoms. The minimum atomic E-state index is 0.270. The van der Waals surface area contributed by atoms with Crippen molar-refractivity contribution >= 4 is 23.4 Å². The average Bonchev–Trinajstić information content (AvgIpc) is 2.84. The normalized spacial score (nSPS) is 23.3. The summed E-state index contributed by atoms with van der Waals surface area (Å²) in [6, 6.07) is 8.36. The fourth-order valence-electron chi connectivity index (χ4n) is 2.38. The van der Waals surface area contributed by atoms with E-state index in [2.05, 4.69) is 49.3 Å². The van der Waals surface area contributed by atoms with Crippen LogP contribution in [0.5, 0.6) is 0 Å². The molecule has 2 rings (SSSR count). The van der Waals surface area contributed by atoms with Gasteiger partial charge in [-0.15, -0.1) is 0 Å². The molecule has 1 atom stereocenters. The SMILES string of the molecule is CC(C)c1cccc(NC(N)=NCC2(C)CCCS2)c1. The van der Waals surface area contributed by atoms with E-state index in [0.29, 0.717) is 11.9 Å². The van der Waals surface area contributed by atoms with Gasteiger partial charge in [0, 0.05) is 10.4 Å². The number of nitrogens with two attached hydrogens (primary N) is 1. The molecule has 1 fully saturated rings. The first-order chi connectivity index (χ1) is 9.48. The number of hydrogen-bond acceptors (Lipinski definition) is 2. The molecule has 110 valence electrons. The van der Waals surface area contributed by atoms with Crippen LogP contribution in [-0.4, -0.2) is 23.0 Å². The lowest BCUT2D eigenvalue weighted by atomic mass is 10.0. The molecule has 1 aliphatic heterocycles. The summed E-state index contributed by atoms with van der Waals surface area (Å²) in [5, 5.41) is 3.20. The van der Waals surface area contributed by atoms with Crippen LogP contribution in [0.25, 0.3) is 0 Å². The number of guanidine groups is 1. The molecule has 4 heteroatoms. The second kappa shape index (κ2) is 6.53. The third-order valence-corrected chi connectivity index (χ3v) is 5.23. The Hall–Kier alpha value is -1.16. The predicted molar refractivity (Wildman–Crippen MR) is 90.7 cm³/mol.